The Kier molecular flexibility index (Phi) is 4.20. The third kappa shape index (κ3) is 3.47. The third-order valence-corrected chi connectivity index (χ3v) is 3.02. The van der Waals surface area contributed by atoms with Crippen molar-refractivity contribution in [2.24, 2.45) is 0 Å². The van der Waals surface area contributed by atoms with Gasteiger partial charge in [-0.05, 0) is 24.3 Å². The summed E-state index contributed by atoms with van der Waals surface area (Å²) in [7, 11) is 0. The summed E-state index contributed by atoms with van der Waals surface area (Å²) in [5, 5.41) is 0. The number of carbonyl (C=O) groups excluding carboxylic acids is 2. The van der Waals surface area contributed by atoms with Gasteiger partial charge < -0.3 is 13.9 Å². The first kappa shape index (κ1) is 14.6. The van der Waals surface area contributed by atoms with E-state index in [-0.39, 0.29) is 11.5 Å². The van der Waals surface area contributed by atoms with Gasteiger partial charge in [0.2, 0.25) is 11.5 Å². The van der Waals surface area contributed by atoms with Crippen molar-refractivity contribution in [3.05, 3.63) is 84.3 Å². The molecule has 0 aliphatic heterocycles. The summed E-state index contributed by atoms with van der Waals surface area (Å²) < 4.78 is 15.4. The van der Waals surface area contributed by atoms with Gasteiger partial charge in [-0.2, -0.15) is 0 Å². The number of rotatable bonds is 4. The molecule has 0 unspecified atom stereocenters. The molecule has 0 radical (unpaired) electrons. The average Bonchev–Trinajstić information content (AvgIpc) is 3.03. The lowest BCUT2D eigenvalue weighted by molar-refractivity contribution is 0.0684. The van der Waals surface area contributed by atoms with E-state index in [9.17, 15) is 9.59 Å². The Morgan fingerprint density at radius 1 is 0.652 bits per heavy atom. The quantitative estimate of drug-likeness (QED) is 0.687. The Bertz CT molecular complexity index is 738. The van der Waals surface area contributed by atoms with Gasteiger partial charge in [-0.25, -0.2) is 9.59 Å². The van der Waals surface area contributed by atoms with Gasteiger partial charge in [0.15, 0.2) is 0 Å². The van der Waals surface area contributed by atoms with Crippen molar-refractivity contribution in [3.8, 4) is 11.5 Å². The SMILES string of the molecule is O=C(Oc1cocc1OC(=O)c1ccccc1)c1ccccc1. The maximum atomic E-state index is 12.0. The highest BCUT2D eigenvalue weighted by atomic mass is 16.6. The van der Waals surface area contributed by atoms with E-state index in [0.717, 1.165) is 0 Å². The van der Waals surface area contributed by atoms with Crippen molar-refractivity contribution in [2.75, 3.05) is 0 Å². The molecule has 0 spiro atoms. The summed E-state index contributed by atoms with van der Waals surface area (Å²) in [6, 6.07) is 17.0. The van der Waals surface area contributed by atoms with Gasteiger partial charge in [0.25, 0.3) is 0 Å². The summed E-state index contributed by atoms with van der Waals surface area (Å²) >= 11 is 0. The van der Waals surface area contributed by atoms with Crippen molar-refractivity contribution in [1.29, 1.82) is 0 Å². The maximum absolute atomic E-state index is 12.0. The Morgan fingerprint density at radius 3 is 1.43 bits per heavy atom. The second-order valence-electron chi connectivity index (χ2n) is 4.61. The molecule has 0 amide bonds. The maximum Gasteiger partial charge on any atom is 0.343 e. The minimum Gasteiger partial charge on any atom is -0.465 e. The van der Waals surface area contributed by atoms with Gasteiger partial charge in [-0.1, -0.05) is 36.4 Å². The predicted octanol–water partition coefficient (Wildman–Crippen LogP) is 3.72. The summed E-state index contributed by atoms with van der Waals surface area (Å²) in [4.78, 5) is 24.0. The Balaban J connectivity index is 1.73. The number of furan rings is 1. The van der Waals surface area contributed by atoms with Crippen LogP contribution >= 0.6 is 0 Å². The Labute approximate surface area is 132 Å². The number of ether oxygens (including phenoxy) is 2. The molecule has 0 fully saturated rings. The van der Waals surface area contributed by atoms with Gasteiger partial charge in [0.05, 0.1) is 11.1 Å². The largest absolute Gasteiger partial charge is 0.465 e. The first-order chi connectivity index (χ1) is 11.2. The normalized spacial score (nSPS) is 10.1. The van der Waals surface area contributed by atoms with Crippen molar-refractivity contribution in [1.82, 2.24) is 0 Å². The van der Waals surface area contributed by atoms with E-state index in [4.69, 9.17) is 13.9 Å². The van der Waals surface area contributed by atoms with Crippen LogP contribution in [0.5, 0.6) is 11.5 Å². The highest BCUT2D eigenvalue weighted by Gasteiger charge is 2.18. The van der Waals surface area contributed by atoms with Crippen molar-refractivity contribution >= 4 is 11.9 Å². The van der Waals surface area contributed by atoms with E-state index >= 15 is 0 Å². The molecule has 0 saturated heterocycles. The molecular formula is C18H12O5. The second-order valence-corrected chi connectivity index (χ2v) is 4.61. The number of esters is 2. The number of hydrogen-bond acceptors (Lipinski definition) is 5. The molecule has 1 aromatic heterocycles. The van der Waals surface area contributed by atoms with Crippen LogP contribution in [0.25, 0.3) is 0 Å². The second kappa shape index (κ2) is 6.62. The van der Waals surface area contributed by atoms with E-state index in [1.807, 2.05) is 0 Å². The van der Waals surface area contributed by atoms with Crippen molar-refractivity contribution < 1.29 is 23.5 Å². The number of carbonyl (C=O) groups is 2. The smallest absolute Gasteiger partial charge is 0.343 e. The fraction of sp³-hybridized carbons (Fsp3) is 0. The van der Waals surface area contributed by atoms with Crippen LogP contribution in [0.2, 0.25) is 0 Å². The molecule has 0 aliphatic rings. The minimum atomic E-state index is -0.566. The summed E-state index contributed by atoms with van der Waals surface area (Å²) in [6.45, 7) is 0. The molecule has 0 atom stereocenters. The molecular weight excluding hydrogens is 296 g/mol. The van der Waals surface area contributed by atoms with E-state index < -0.39 is 11.9 Å². The lowest BCUT2D eigenvalue weighted by atomic mass is 10.2. The van der Waals surface area contributed by atoms with E-state index in [1.54, 1.807) is 60.7 Å². The molecule has 0 aliphatic carbocycles. The van der Waals surface area contributed by atoms with Gasteiger partial charge in [0, 0.05) is 0 Å². The molecule has 5 nitrogen and oxygen atoms in total. The van der Waals surface area contributed by atoms with Crippen LogP contribution in [0, 0.1) is 0 Å². The Morgan fingerprint density at radius 2 is 1.04 bits per heavy atom. The summed E-state index contributed by atoms with van der Waals surface area (Å²) in [5.41, 5.74) is 0.767. The zero-order valence-electron chi connectivity index (χ0n) is 12.0. The van der Waals surface area contributed by atoms with Crippen LogP contribution in [0.15, 0.2) is 77.6 Å². The fourth-order valence-electron chi connectivity index (χ4n) is 1.89. The van der Waals surface area contributed by atoms with E-state index in [0.29, 0.717) is 11.1 Å². The minimum absolute atomic E-state index is 0.0446. The molecule has 3 aromatic rings. The first-order valence-corrected chi connectivity index (χ1v) is 6.84. The van der Waals surface area contributed by atoms with Crippen LogP contribution in [0.3, 0.4) is 0 Å². The predicted molar refractivity (Wildman–Crippen MR) is 81.5 cm³/mol. The zero-order chi connectivity index (χ0) is 16.1. The van der Waals surface area contributed by atoms with Gasteiger partial charge in [-0.3, -0.25) is 0 Å². The number of hydrogen-bond donors (Lipinski definition) is 0. The zero-order valence-corrected chi connectivity index (χ0v) is 12.0. The highest BCUT2D eigenvalue weighted by Crippen LogP contribution is 2.29. The summed E-state index contributed by atoms with van der Waals surface area (Å²) in [5.74, 6) is -1.04. The Hall–Kier alpha value is -3.34. The molecule has 114 valence electrons. The number of benzene rings is 2. The van der Waals surface area contributed by atoms with E-state index in [2.05, 4.69) is 0 Å². The molecule has 0 bridgehead atoms. The average molecular weight is 308 g/mol. The van der Waals surface area contributed by atoms with Crippen molar-refractivity contribution in [2.45, 2.75) is 0 Å². The van der Waals surface area contributed by atoms with Crippen LogP contribution in [-0.4, -0.2) is 11.9 Å². The lowest BCUT2D eigenvalue weighted by Crippen LogP contribution is -2.11. The molecule has 23 heavy (non-hydrogen) atoms. The van der Waals surface area contributed by atoms with Gasteiger partial charge in [-0.15, -0.1) is 0 Å². The third-order valence-electron chi connectivity index (χ3n) is 3.02. The molecule has 0 N–H and O–H groups in total. The molecule has 2 aromatic carbocycles. The van der Waals surface area contributed by atoms with Crippen LogP contribution in [0.1, 0.15) is 20.7 Å². The van der Waals surface area contributed by atoms with Gasteiger partial charge >= 0.3 is 11.9 Å². The standard InChI is InChI=1S/C18H12O5/c19-17(13-7-3-1-4-8-13)22-15-11-21-12-16(15)23-18(20)14-9-5-2-6-10-14/h1-12H. The van der Waals surface area contributed by atoms with Crippen LogP contribution in [0.4, 0.5) is 0 Å². The molecule has 3 rings (SSSR count). The summed E-state index contributed by atoms with van der Waals surface area (Å²) in [6.07, 6.45) is 2.41. The van der Waals surface area contributed by atoms with Gasteiger partial charge in [0.1, 0.15) is 12.5 Å². The van der Waals surface area contributed by atoms with Crippen LogP contribution in [-0.2, 0) is 0 Å². The monoisotopic (exact) mass is 308 g/mol. The van der Waals surface area contributed by atoms with E-state index in [1.165, 1.54) is 12.5 Å². The molecule has 1 heterocycles. The topological polar surface area (TPSA) is 65.7 Å². The first-order valence-electron chi connectivity index (χ1n) is 6.84. The highest BCUT2D eigenvalue weighted by molar-refractivity contribution is 5.93. The lowest BCUT2D eigenvalue weighted by Gasteiger charge is -2.05. The van der Waals surface area contributed by atoms with Crippen molar-refractivity contribution in [3.63, 3.8) is 0 Å². The molecule has 5 heteroatoms. The molecule has 0 saturated carbocycles. The van der Waals surface area contributed by atoms with Crippen LogP contribution < -0.4 is 9.47 Å². The fourth-order valence-corrected chi connectivity index (χ4v) is 1.89.